The normalized spacial score (nSPS) is 16.0. The Bertz CT molecular complexity index is 820. The number of carbonyl (C=O) groups excluding carboxylic acids is 1. The van der Waals surface area contributed by atoms with Gasteiger partial charge in [0.05, 0.1) is 6.42 Å². The van der Waals surface area contributed by atoms with Gasteiger partial charge in [-0.1, -0.05) is 23.8 Å². The summed E-state index contributed by atoms with van der Waals surface area (Å²) in [6, 6.07) is 10.9. The summed E-state index contributed by atoms with van der Waals surface area (Å²) in [6.45, 7) is 2.04. The SMILES string of the molecule is Cc1ccc2c(c1)C1=C(C2)c2cc(F)ccc2NC(=O)C1. The van der Waals surface area contributed by atoms with Gasteiger partial charge in [-0.05, 0) is 53.8 Å². The summed E-state index contributed by atoms with van der Waals surface area (Å²) in [4.78, 5) is 12.1. The summed E-state index contributed by atoms with van der Waals surface area (Å²) in [5.74, 6) is -0.314. The third-order valence-electron chi connectivity index (χ3n) is 4.24. The van der Waals surface area contributed by atoms with Crippen molar-refractivity contribution in [3.05, 3.63) is 64.5 Å². The molecule has 2 aromatic rings. The fraction of sp³-hybridized carbons (Fsp3) is 0.167. The average Bonchev–Trinajstić information content (AvgIpc) is 2.72. The van der Waals surface area contributed by atoms with Crippen LogP contribution in [0.4, 0.5) is 10.1 Å². The van der Waals surface area contributed by atoms with Crippen LogP contribution in [0, 0.1) is 12.7 Å². The molecule has 1 heterocycles. The lowest BCUT2D eigenvalue weighted by Crippen LogP contribution is -2.11. The first-order valence-electron chi connectivity index (χ1n) is 7.03. The monoisotopic (exact) mass is 279 g/mol. The lowest BCUT2D eigenvalue weighted by molar-refractivity contribution is -0.115. The van der Waals surface area contributed by atoms with Gasteiger partial charge in [0.15, 0.2) is 0 Å². The van der Waals surface area contributed by atoms with Gasteiger partial charge in [0.2, 0.25) is 5.91 Å². The molecule has 0 saturated heterocycles. The molecular formula is C18H14FNO. The number of halogens is 1. The molecule has 0 unspecified atom stereocenters. The number of hydrogen-bond acceptors (Lipinski definition) is 1. The molecule has 1 aliphatic carbocycles. The second-order valence-electron chi connectivity index (χ2n) is 5.71. The third-order valence-corrected chi connectivity index (χ3v) is 4.24. The van der Waals surface area contributed by atoms with Crippen LogP contribution in [0.1, 0.15) is 28.7 Å². The molecule has 0 spiro atoms. The molecular weight excluding hydrogens is 265 g/mol. The molecule has 2 aliphatic rings. The molecule has 4 rings (SSSR count). The number of aryl methyl sites for hydroxylation is 1. The predicted octanol–water partition coefficient (Wildman–Crippen LogP) is 3.94. The van der Waals surface area contributed by atoms with Crippen LogP contribution in [0.3, 0.4) is 0 Å². The molecule has 104 valence electrons. The standard InChI is InChI=1S/C18H14FNO/c1-10-2-3-11-7-14-15(13(11)6-10)9-18(21)20-17-5-4-12(19)8-16(14)17/h2-6,8H,7,9H2,1H3,(H,20,21). The van der Waals surface area contributed by atoms with Gasteiger partial charge in [0, 0.05) is 11.3 Å². The Morgan fingerprint density at radius 3 is 2.67 bits per heavy atom. The molecule has 2 aromatic carbocycles. The van der Waals surface area contributed by atoms with E-state index in [4.69, 9.17) is 0 Å². The molecule has 0 aromatic heterocycles. The summed E-state index contributed by atoms with van der Waals surface area (Å²) in [6.07, 6.45) is 1.11. The van der Waals surface area contributed by atoms with Crippen LogP contribution in [0.2, 0.25) is 0 Å². The van der Waals surface area contributed by atoms with Crippen LogP contribution < -0.4 is 5.32 Å². The number of benzene rings is 2. The van der Waals surface area contributed by atoms with E-state index in [1.807, 2.05) is 6.92 Å². The molecule has 0 bridgehead atoms. The van der Waals surface area contributed by atoms with E-state index in [1.54, 1.807) is 6.07 Å². The molecule has 0 saturated carbocycles. The molecule has 2 nitrogen and oxygen atoms in total. The second-order valence-corrected chi connectivity index (χ2v) is 5.71. The number of amides is 1. The maximum atomic E-state index is 13.6. The van der Waals surface area contributed by atoms with Gasteiger partial charge in [-0.15, -0.1) is 0 Å². The van der Waals surface area contributed by atoms with Crippen molar-refractivity contribution in [2.45, 2.75) is 19.8 Å². The van der Waals surface area contributed by atoms with Crippen molar-refractivity contribution in [3.8, 4) is 0 Å². The van der Waals surface area contributed by atoms with Gasteiger partial charge in [-0.2, -0.15) is 0 Å². The summed E-state index contributed by atoms with van der Waals surface area (Å²) < 4.78 is 13.6. The highest BCUT2D eigenvalue weighted by Gasteiger charge is 2.28. The van der Waals surface area contributed by atoms with Crippen LogP contribution in [-0.2, 0) is 11.2 Å². The van der Waals surface area contributed by atoms with Crippen molar-refractivity contribution in [2.24, 2.45) is 0 Å². The van der Waals surface area contributed by atoms with Crippen LogP contribution in [-0.4, -0.2) is 5.91 Å². The number of allylic oxidation sites excluding steroid dienone is 1. The minimum atomic E-state index is -0.274. The minimum absolute atomic E-state index is 0.0396. The van der Waals surface area contributed by atoms with Crippen LogP contribution in [0.15, 0.2) is 36.4 Å². The highest BCUT2D eigenvalue weighted by molar-refractivity contribution is 6.11. The summed E-state index contributed by atoms with van der Waals surface area (Å²) in [5.41, 5.74) is 7.15. The van der Waals surface area contributed by atoms with Crippen molar-refractivity contribution in [1.82, 2.24) is 0 Å². The topological polar surface area (TPSA) is 29.1 Å². The molecule has 0 radical (unpaired) electrons. The van der Waals surface area contributed by atoms with Crippen LogP contribution in [0.25, 0.3) is 11.1 Å². The lowest BCUT2D eigenvalue weighted by Gasteiger charge is -2.09. The van der Waals surface area contributed by atoms with Gasteiger partial charge in [-0.25, -0.2) is 4.39 Å². The van der Waals surface area contributed by atoms with E-state index >= 15 is 0 Å². The highest BCUT2D eigenvalue weighted by atomic mass is 19.1. The fourth-order valence-electron chi connectivity index (χ4n) is 3.27. The van der Waals surface area contributed by atoms with E-state index in [9.17, 15) is 9.18 Å². The molecule has 1 amide bonds. The van der Waals surface area contributed by atoms with Crippen LogP contribution >= 0.6 is 0 Å². The zero-order valence-electron chi connectivity index (χ0n) is 11.7. The summed E-state index contributed by atoms with van der Waals surface area (Å²) >= 11 is 0. The van der Waals surface area contributed by atoms with Gasteiger partial charge < -0.3 is 5.32 Å². The first-order chi connectivity index (χ1) is 10.1. The highest BCUT2D eigenvalue weighted by Crippen LogP contribution is 2.44. The Morgan fingerprint density at radius 1 is 1.00 bits per heavy atom. The van der Waals surface area contributed by atoms with Crippen molar-refractivity contribution >= 4 is 22.7 Å². The van der Waals surface area contributed by atoms with Crippen LogP contribution in [0.5, 0.6) is 0 Å². The van der Waals surface area contributed by atoms with E-state index in [1.165, 1.54) is 23.3 Å². The van der Waals surface area contributed by atoms with Crippen molar-refractivity contribution in [2.75, 3.05) is 5.32 Å². The van der Waals surface area contributed by atoms with Crippen molar-refractivity contribution < 1.29 is 9.18 Å². The third kappa shape index (κ3) is 1.88. The molecule has 3 heteroatoms. The first kappa shape index (κ1) is 12.3. The van der Waals surface area contributed by atoms with E-state index < -0.39 is 0 Å². The average molecular weight is 279 g/mol. The Morgan fingerprint density at radius 2 is 1.81 bits per heavy atom. The van der Waals surface area contributed by atoms with E-state index in [-0.39, 0.29) is 11.7 Å². The van der Waals surface area contributed by atoms with Gasteiger partial charge in [0.1, 0.15) is 5.82 Å². The zero-order chi connectivity index (χ0) is 14.6. The van der Waals surface area contributed by atoms with E-state index in [2.05, 4.69) is 23.5 Å². The number of nitrogens with one attached hydrogen (secondary N) is 1. The number of rotatable bonds is 0. The largest absolute Gasteiger partial charge is 0.325 e. The van der Waals surface area contributed by atoms with Crippen molar-refractivity contribution in [3.63, 3.8) is 0 Å². The number of fused-ring (bicyclic) bond motifs is 4. The van der Waals surface area contributed by atoms with Gasteiger partial charge >= 0.3 is 0 Å². The summed E-state index contributed by atoms with van der Waals surface area (Å²) in [7, 11) is 0. The Kier molecular flexibility index (Phi) is 2.52. The van der Waals surface area contributed by atoms with E-state index in [0.29, 0.717) is 12.1 Å². The molecule has 1 aliphatic heterocycles. The Labute approximate surface area is 122 Å². The molecule has 21 heavy (non-hydrogen) atoms. The molecule has 1 N–H and O–H groups in total. The Balaban J connectivity index is 1.97. The minimum Gasteiger partial charge on any atom is -0.325 e. The molecule has 0 atom stereocenters. The first-order valence-corrected chi connectivity index (χ1v) is 7.03. The number of hydrogen-bond donors (Lipinski definition) is 1. The maximum Gasteiger partial charge on any atom is 0.228 e. The number of anilines is 1. The van der Waals surface area contributed by atoms with Crippen molar-refractivity contribution in [1.29, 1.82) is 0 Å². The Hall–Kier alpha value is -2.42. The van der Waals surface area contributed by atoms with E-state index in [0.717, 1.165) is 28.7 Å². The maximum absolute atomic E-state index is 13.6. The molecule has 0 fully saturated rings. The predicted molar refractivity (Wildman–Crippen MR) is 81.3 cm³/mol. The zero-order valence-corrected chi connectivity index (χ0v) is 11.7. The fourth-order valence-corrected chi connectivity index (χ4v) is 3.27. The quantitative estimate of drug-likeness (QED) is 0.777. The second kappa shape index (κ2) is 4.29. The summed E-state index contributed by atoms with van der Waals surface area (Å²) in [5, 5.41) is 2.88. The lowest BCUT2D eigenvalue weighted by atomic mass is 9.98. The smallest absolute Gasteiger partial charge is 0.228 e. The van der Waals surface area contributed by atoms with Gasteiger partial charge in [-0.3, -0.25) is 4.79 Å². The van der Waals surface area contributed by atoms with Gasteiger partial charge in [0.25, 0.3) is 0 Å². The number of carbonyl (C=O) groups is 1.